The van der Waals surface area contributed by atoms with Crippen molar-refractivity contribution >= 4 is 33.2 Å². The van der Waals surface area contributed by atoms with Crippen molar-refractivity contribution < 1.29 is 9.53 Å². The van der Waals surface area contributed by atoms with Gasteiger partial charge in [0.15, 0.2) is 0 Å². The maximum atomic E-state index is 11.7. The predicted octanol–water partition coefficient (Wildman–Crippen LogP) is 1.90. The van der Waals surface area contributed by atoms with E-state index in [0.29, 0.717) is 6.54 Å². The van der Waals surface area contributed by atoms with E-state index in [1.54, 1.807) is 11.3 Å². The Morgan fingerprint density at radius 3 is 2.94 bits per heavy atom. The van der Waals surface area contributed by atoms with Crippen molar-refractivity contribution in [3.63, 3.8) is 0 Å². The summed E-state index contributed by atoms with van der Waals surface area (Å²) < 4.78 is 6.35. The number of amides is 1. The van der Waals surface area contributed by atoms with Crippen LogP contribution in [0.15, 0.2) is 15.9 Å². The Bertz CT molecular complexity index is 391. The summed E-state index contributed by atoms with van der Waals surface area (Å²) in [4.78, 5) is 12.9. The molecule has 18 heavy (non-hydrogen) atoms. The molecule has 1 aliphatic heterocycles. The molecule has 2 heterocycles. The SMILES string of the molecule is O=C(CNCc1cc(Br)cs1)NC1CCOCC1. The number of carbonyl (C=O) groups excluding carboxylic acids is 1. The second-order valence-electron chi connectivity index (χ2n) is 4.29. The lowest BCUT2D eigenvalue weighted by Gasteiger charge is -2.23. The lowest BCUT2D eigenvalue weighted by molar-refractivity contribution is -0.121. The number of carbonyl (C=O) groups is 1. The topological polar surface area (TPSA) is 50.4 Å². The molecule has 1 fully saturated rings. The van der Waals surface area contributed by atoms with Gasteiger partial charge in [-0.3, -0.25) is 4.79 Å². The van der Waals surface area contributed by atoms with Gasteiger partial charge < -0.3 is 15.4 Å². The second-order valence-corrected chi connectivity index (χ2v) is 6.20. The maximum Gasteiger partial charge on any atom is 0.234 e. The number of hydrogen-bond acceptors (Lipinski definition) is 4. The molecule has 0 radical (unpaired) electrons. The molecule has 0 spiro atoms. The molecule has 0 aliphatic carbocycles. The van der Waals surface area contributed by atoms with Gasteiger partial charge in [0.05, 0.1) is 6.54 Å². The van der Waals surface area contributed by atoms with Crippen molar-refractivity contribution in [2.24, 2.45) is 0 Å². The van der Waals surface area contributed by atoms with Crippen LogP contribution in [0.5, 0.6) is 0 Å². The van der Waals surface area contributed by atoms with Crippen LogP contribution in [0.2, 0.25) is 0 Å². The van der Waals surface area contributed by atoms with Crippen LogP contribution in [0.3, 0.4) is 0 Å². The maximum absolute atomic E-state index is 11.7. The number of ether oxygens (including phenoxy) is 1. The number of halogens is 1. The number of hydrogen-bond donors (Lipinski definition) is 2. The van der Waals surface area contributed by atoms with Gasteiger partial charge in [0, 0.05) is 40.5 Å². The fraction of sp³-hybridized carbons (Fsp3) is 0.583. The lowest BCUT2D eigenvalue weighted by Crippen LogP contribution is -2.42. The molecule has 0 unspecified atom stereocenters. The van der Waals surface area contributed by atoms with E-state index in [1.165, 1.54) is 4.88 Å². The van der Waals surface area contributed by atoms with E-state index in [9.17, 15) is 4.79 Å². The van der Waals surface area contributed by atoms with E-state index >= 15 is 0 Å². The third-order valence-electron chi connectivity index (χ3n) is 2.79. The van der Waals surface area contributed by atoms with Crippen LogP contribution in [0, 0.1) is 0 Å². The van der Waals surface area contributed by atoms with Gasteiger partial charge in [-0.15, -0.1) is 11.3 Å². The fourth-order valence-corrected chi connectivity index (χ4v) is 3.29. The van der Waals surface area contributed by atoms with Crippen LogP contribution in [0.25, 0.3) is 0 Å². The fourth-order valence-electron chi connectivity index (χ4n) is 1.87. The van der Waals surface area contributed by atoms with Crippen molar-refractivity contribution in [1.82, 2.24) is 10.6 Å². The lowest BCUT2D eigenvalue weighted by atomic mass is 10.1. The molecule has 1 aromatic rings. The molecular formula is C12H17BrN2O2S. The smallest absolute Gasteiger partial charge is 0.234 e. The molecule has 4 nitrogen and oxygen atoms in total. The Kier molecular flexibility index (Phi) is 5.62. The van der Waals surface area contributed by atoms with Crippen molar-refractivity contribution in [3.8, 4) is 0 Å². The van der Waals surface area contributed by atoms with Crippen LogP contribution in [0.1, 0.15) is 17.7 Å². The van der Waals surface area contributed by atoms with E-state index in [1.807, 2.05) is 5.38 Å². The minimum Gasteiger partial charge on any atom is -0.381 e. The monoisotopic (exact) mass is 332 g/mol. The van der Waals surface area contributed by atoms with Crippen LogP contribution >= 0.6 is 27.3 Å². The second kappa shape index (κ2) is 7.23. The highest BCUT2D eigenvalue weighted by Crippen LogP contribution is 2.19. The molecule has 0 bridgehead atoms. The van der Waals surface area contributed by atoms with Crippen LogP contribution in [0.4, 0.5) is 0 Å². The average molecular weight is 333 g/mol. The molecule has 2 N–H and O–H groups in total. The van der Waals surface area contributed by atoms with Gasteiger partial charge in [0.25, 0.3) is 0 Å². The van der Waals surface area contributed by atoms with Crippen LogP contribution in [-0.2, 0) is 16.1 Å². The summed E-state index contributed by atoms with van der Waals surface area (Å²) in [7, 11) is 0. The molecular weight excluding hydrogens is 316 g/mol. The Morgan fingerprint density at radius 2 is 2.28 bits per heavy atom. The first-order valence-electron chi connectivity index (χ1n) is 6.05. The third kappa shape index (κ3) is 4.68. The van der Waals surface area contributed by atoms with Crippen LogP contribution < -0.4 is 10.6 Å². The summed E-state index contributed by atoms with van der Waals surface area (Å²) in [5, 5.41) is 8.21. The summed E-state index contributed by atoms with van der Waals surface area (Å²) in [5.41, 5.74) is 0. The quantitative estimate of drug-likeness (QED) is 0.865. The van der Waals surface area contributed by atoms with Crippen molar-refractivity contribution in [3.05, 3.63) is 20.8 Å². The first kappa shape index (κ1) is 14.0. The summed E-state index contributed by atoms with van der Waals surface area (Å²) in [6.45, 7) is 2.60. The van der Waals surface area contributed by atoms with E-state index in [0.717, 1.165) is 37.1 Å². The van der Waals surface area contributed by atoms with Crippen molar-refractivity contribution in [2.45, 2.75) is 25.4 Å². The minimum absolute atomic E-state index is 0.0671. The first-order chi connectivity index (χ1) is 8.74. The molecule has 1 aliphatic rings. The molecule has 1 amide bonds. The van der Waals surface area contributed by atoms with Gasteiger partial charge in [0.2, 0.25) is 5.91 Å². The molecule has 0 aromatic carbocycles. The normalized spacial score (nSPS) is 16.7. The van der Waals surface area contributed by atoms with Crippen molar-refractivity contribution in [1.29, 1.82) is 0 Å². The Morgan fingerprint density at radius 1 is 1.50 bits per heavy atom. The summed E-state index contributed by atoms with van der Waals surface area (Å²) in [6.07, 6.45) is 1.84. The predicted molar refractivity (Wildman–Crippen MR) is 75.7 cm³/mol. The third-order valence-corrected chi connectivity index (χ3v) is 4.49. The van der Waals surface area contributed by atoms with Gasteiger partial charge in [-0.2, -0.15) is 0 Å². The van der Waals surface area contributed by atoms with E-state index in [2.05, 4.69) is 32.6 Å². The zero-order chi connectivity index (χ0) is 12.8. The van der Waals surface area contributed by atoms with Gasteiger partial charge in [-0.05, 0) is 34.8 Å². The highest BCUT2D eigenvalue weighted by Gasteiger charge is 2.15. The summed E-state index contributed by atoms with van der Waals surface area (Å²) >= 11 is 5.09. The Hall–Kier alpha value is -0.430. The molecule has 6 heteroatoms. The van der Waals surface area contributed by atoms with Gasteiger partial charge in [0.1, 0.15) is 0 Å². The number of nitrogens with one attached hydrogen (secondary N) is 2. The summed E-state index contributed by atoms with van der Waals surface area (Å²) in [5.74, 6) is 0.0671. The highest BCUT2D eigenvalue weighted by atomic mass is 79.9. The highest BCUT2D eigenvalue weighted by molar-refractivity contribution is 9.10. The zero-order valence-corrected chi connectivity index (χ0v) is 12.5. The van der Waals surface area contributed by atoms with Gasteiger partial charge >= 0.3 is 0 Å². The minimum atomic E-state index is 0.0671. The molecule has 100 valence electrons. The molecule has 2 rings (SSSR count). The van der Waals surface area contributed by atoms with E-state index < -0.39 is 0 Å². The average Bonchev–Trinajstić information content (AvgIpc) is 2.76. The molecule has 1 saturated heterocycles. The Labute approximate surface area is 119 Å². The van der Waals surface area contributed by atoms with E-state index in [-0.39, 0.29) is 11.9 Å². The largest absolute Gasteiger partial charge is 0.381 e. The molecule has 0 saturated carbocycles. The van der Waals surface area contributed by atoms with Crippen molar-refractivity contribution in [2.75, 3.05) is 19.8 Å². The van der Waals surface area contributed by atoms with Gasteiger partial charge in [-0.1, -0.05) is 0 Å². The van der Waals surface area contributed by atoms with Crippen LogP contribution in [-0.4, -0.2) is 31.7 Å². The molecule has 0 atom stereocenters. The Balaban J connectivity index is 1.62. The zero-order valence-electron chi connectivity index (χ0n) is 10.1. The number of rotatable bonds is 5. The number of thiophene rings is 1. The van der Waals surface area contributed by atoms with E-state index in [4.69, 9.17) is 4.74 Å². The van der Waals surface area contributed by atoms with Gasteiger partial charge in [-0.25, -0.2) is 0 Å². The summed E-state index contributed by atoms with van der Waals surface area (Å²) in [6, 6.07) is 2.34. The standard InChI is InChI=1S/C12H17BrN2O2S/c13-9-5-11(18-8-9)6-14-7-12(16)15-10-1-3-17-4-2-10/h5,8,10,14H,1-4,6-7H2,(H,15,16). The molecule has 1 aromatic heterocycles. The first-order valence-corrected chi connectivity index (χ1v) is 7.72.